The molecule has 52 heavy (non-hydrogen) atoms. The minimum Gasteiger partial charge on any atom is -0.457 e. The van der Waals surface area contributed by atoms with E-state index in [1.165, 1.54) is 23.4 Å². The zero-order valence-corrected chi connectivity index (χ0v) is 30.2. The third-order valence-corrected chi connectivity index (χ3v) is 10.9. The fourth-order valence-corrected chi connectivity index (χ4v) is 7.98. The number of nitrogens with zero attached hydrogens (tertiary/aromatic N) is 1. The van der Waals surface area contributed by atoms with Crippen LogP contribution in [0.5, 0.6) is 23.0 Å². The topological polar surface area (TPSA) is 171 Å². The lowest BCUT2D eigenvalue weighted by atomic mass is 10.0. The Morgan fingerprint density at radius 1 is 0.942 bits per heavy atom. The van der Waals surface area contributed by atoms with Crippen LogP contribution in [-0.2, 0) is 42.0 Å². The van der Waals surface area contributed by atoms with Gasteiger partial charge in [-0.05, 0) is 66.3 Å². The molecule has 3 aromatic rings. The fraction of sp³-hybridized carbons (Fsp3) is 0.459. The number of hydrogen-bond acceptors (Lipinski definition) is 11. The minimum absolute atomic E-state index is 0.000581. The van der Waals surface area contributed by atoms with Crippen LogP contribution in [-0.4, -0.2) is 87.5 Å². The first kappa shape index (κ1) is 37.4. The van der Waals surface area contributed by atoms with Crippen molar-refractivity contribution in [2.45, 2.75) is 69.6 Å². The largest absolute Gasteiger partial charge is 0.457 e. The van der Waals surface area contributed by atoms with Gasteiger partial charge in [-0.25, -0.2) is 13.2 Å². The molecule has 0 aliphatic carbocycles. The number of aliphatic hydroxyl groups excluding tert-OH is 1. The van der Waals surface area contributed by atoms with Crippen molar-refractivity contribution >= 4 is 22.0 Å². The van der Waals surface area contributed by atoms with Crippen molar-refractivity contribution in [1.82, 2.24) is 14.9 Å². The van der Waals surface area contributed by atoms with E-state index in [0.29, 0.717) is 42.6 Å². The molecule has 0 aromatic heterocycles. The molecule has 3 aliphatic heterocycles. The molecule has 0 spiro atoms. The van der Waals surface area contributed by atoms with E-state index in [-0.39, 0.29) is 55.5 Å². The Hall–Kier alpha value is -4.41. The molecule has 6 rings (SSSR count). The molecule has 3 aliphatic rings. The van der Waals surface area contributed by atoms with Gasteiger partial charge in [0.25, 0.3) is 0 Å². The van der Waals surface area contributed by atoms with Crippen LogP contribution in [0.4, 0.5) is 4.79 Å². The smallest absolute Gasteiger partial charge is 0.407 e. The third-order valence-electron chi connectivity index (χ3n) is 9.03. The molecule has 3 heterocycles. The number of nitrogens with one attached hydrogen (secondary N) is 2. The number of carbonyl (C=O) groups excluding carboxylic acids is 2. The summed E-state index contributed by atoms with van der Waals surface area (Å²) in [6.45, 7) is 6.19. The van der Waals surface area contributed by atoms with E-state index in [4.69, 9.17) is 28.4 Å². The van der Waals surface area contributed by atoms with Crippen molar-refractivity contribution < 1.29 is 51.5 Å². The van der Waals surface area contributed by atoms with Gasteiger partial charge in [-0.3, -0.25) is 4.79 Å². The molecule has 5 atom stereocenters. The number of benzene rings is 3. The van der Waals surface area contributed by atoms with Gasteiger partial charge in [-0.2, -0.15) is 4.31 Å². The Labute approximate surface area is 303 Å². The molecule has 15 heteroatoms. The number of aliphatic hydroxyl groups is 1. The van der Waals surface area contributed by atoms with Crippen molar-refractivity contribution in [3.63, 3.8) is 0 Å². The third kappa shape index (κ3) is 9.33. The molecule has 2 fully saturated rings. The standard InChI is InChI=1S/C37H45N3O11S/c1-23(2)19-40(52(44,45)29-12-13-33-34(17-29)49-22-48-33)20-32(42)31(39-37(43)51-35-21-47-36-30(35)14-15-46-36)16-25-4-8-27(9-5-25)50-28-10-6-26(7-11-28)18-38-24(3)41/h4-13,17,23,30-32,35-36,42H,14-16,18-22H2,1-3H3,(H,38,41)(H,39,43)/t30-,31-,32+,35-,36+/m0/s1. The molecule has 0 radical (unpaired) electrons. The van der Waals surface area contributed by atoms with Crippen molar-refractivity contribution in [1.29, 1.82) is 0 Å². The van der Waals surface area contributed by atoms with Crippen LogP contribution < -0.4 is 24.8 Å². The summed E-state index contributed by atoms with van der Waals surface area (Å²) < 4.78 is 62.8. The Morgan fingerprint density at radius 3 is 2.33 bits per heavy atom. The minimum atomic E-state index is -4.09. The van der Waals surface area contributed by atoms with Gasteiger partial charge in [-0.15, -0.1) is 0 Å². The van der Waals surface area contributed by atoms with E-state index in [9.17, 15) is 23.1 Å². The molecule has 0 unspecified atom stereocenters. The predicted octanol–water partition coefficient (Wildman–Crippen LogP) is 3.95. The van der Waals surface area contributed by atoms with Gasteiger partial charge in [0.1, 0.15) is 17.6 Å². The SMILES string of the molecule is CC(=O)NCc1ccc(Oc2ccc(C[C@H](NC(=O)O[C@H]3CO[C@H]4OCC[C@H]43)[C@H](O)CN(CC(C)C)S(=O)(=O)c3ccc4c(c3)OCO4)cc2)cc1. The van der Waals surface area contributed by atoms with Gasteiger partial charge in [0.05, 0.1) is 36.2 Å². The number of sulfonamides is 1. The Kier molecular flexibility index (Phi) is 11.9. The van der Waals surface area contributed by atoms with E-state index in [1.54, 1.807) is 18.2 Å². The van der Waals surface area contributed by atoms with E-state index < -0.39 is 40.7 Å². The summed E-state index contributed by atoms with van der Waals surface area (Å²) in [5.41, 5.74) is 1.69. The second-order valence-electron chi connectivity index (χ2n) is 13.5. The maximum Gasteiger partial charge on any atom is 0.407 e. The number of carbonyl (C=O) groups is 2. The van der Waals surface area contributed by atoms with Crippen LogP contribution in [0.25, 0.3) is 0 Å². The summed E-state index contributed by atoms with van der Waals surface area (Å²) in [4.78, 5) is 24.5. The zero-order chi connectivity index (χ0) is 36.8. The molecule has 14 nitrogen and oxygen atoms in total. The summed E-state index contributed by atoms with van der Waals surface area (Å²) >= 11 is 0. The summed E-state index contributed by atoms with van der Waals surface area (Å²) in [6.07, 6.45) is -2.14. The highest BCUT2D eigenvalue weighted by atomic mass is 32.2. The van der Waals surface area contributed by atoms with Crippen LogP contribution in [0.1, 0.15) is 38.3 Å². The van der Waals surface area contributed by atoms with E-state index in [1.807, 2.05) is 50.2 Å². The highest BCUT2D eigenvalue weighted by Gasteiger charge is 2.44. The van der Waals surface area contributed by atoms with E-state index in [0.717, 1.165) is 11.1 Å². The first-order valence-electron chi connectivity index (χ1n) is 17.3. The van der Waals surface area contributed by atoms with Gasteiger partial charge < -0.3 is 44.2 Å². The predicted molar refractivity (Wildman–Crippen MR) is 187 cm³/mol. The molecular weight excluding hydrogens is 694 g/mol. The number of fused-ring (bicyclic) bond motifs is 2. The zero-order valence-electron chi connectivity index (χ0n) is 29.4. The molecular formula is C37H45N3O11S. The molecule has 2 amide bonds. The van der Waals surface area contributed by atoms with Gasteiger partial charge in [0.15, 0.2) is 17.8 Å². The van der Waals surface area contributed by atoms with Crippen LogP contribution in [0.2, 0.25) is 0 Å². The number of hydrogen-bond donors (Lipinski definition) is 3. The normalized spacial score (nSPS) is 20.4. The lowest BCUT2D eigenvalue weighted by Gasteiger charge is -2.31. The van der Waals surface area contributed by atoms with Crippen LogP contribution in [0.15, 0.2) is 71.6 Å². The van der Waals surface area contributed by atoms with E-state index in [2.05, 4.69) is 10.6 Å². The van der Waals surface area contributed by atoms with Crippen LogP contribution >= 0.6 is 0 Å². The van der Waals surface area contributed by atoms with E-state index >= 15 is 0 Å². The fourth-order valence-electron chi connectivity index (χ4n) is 6.34. The molecule has 0 saturated carbocycles. The number of rotatable bonds is 15. The summed E-state index contributed by atoms with van der Waals surface area (Å²) in [5.74, 6) is 1.69. The number of ether oxygens (including phenoxy) is 6. The maximum atomic E-state index is 14.0. The quantitative estimate of drug-likeness (QED) is 0.206. The second-order valence-corrected chi connectivity index (χ2v) is 15.5. The lowest BCUT2D eigenvalue weighted by molar-refractivity contribution is -0.119. The first-order chi connectivity index (χ1) is 24.9. The van der Waals surface area contributed by atoms with Gasteiger partial charge >= 0.3 is 6.09 Å². The highest BCUT2D eigenvalue weighted by Crippen LogP contribution is 2.35. The number of amides is 2. The number of alkyl carbamates (subject to hydrolysis) is 1. The Balaban J connectivity index is 1.17. The Morgan fingerprint density at radius 2 is 1.63 bits per heavy atom. The molecule has 0 bridgehead atoms. The molecule has 280 valence electrons. The van der Waals surface area contributed by atoms with Crippen molar-refractivity contribution in [3.8, 4) is 23.0 Å². The molecule has 3 aromatic carbocycles. The average Bonchev–Trinajstić information content (AvgIpc) is 3.87. The van der Waals surface area contributed by atoms with Crippen LogP contribution in [0, 0.1) is 11.8 Å². The van der Waals surface area contributed by atoms with Gasteiger partial charge in [0, 0.05) is 32.6 Å². The monoisotopic (exact) mass is 739 g/mol. The highest BCUT2D eigenvalue weighted by molar-refractivity contribution is 7.89. The maximum absolute atomic E-state index is 14.0. The summed E-state index contributed by atoms with van der Waals surface area (Å²) in [5, 5.41) is 17.3. The average molecular weight is 740 g/mol. The van der Waals surface area contributed by atoms with Gasteiger partial charge in [-0.1, -0.05) is 38.1 Å². The van der Waals surface area contributed by atoms with Crippen molar-refractivity contribution in [2.75, 3.05) is 33.1 Å². The summed E-state index contributed by atoms with van der Waals surface area (Å²) in [6, 6.07) is 18.0. The lowest BCUT2D eigenvalue weighted by Crippen LogP contribution is -2.51. The summed E-state index contributed by atoms with van der Waals surface area (Å²) in [7, 11) is -4.09. The molecule has 3 N–H and O–H groups in total. The van der Waals surface area contributed by atoms with Crippen molar-refractivity contribution in [2.24, 2.45) is 11.8 Å². The Bertz CT molecular complexity index is 1800. The van der Waals surface area contributed by atoms with Crippen LogP contribution in [0.3, 0.4) is 0 Å². The first-order valence-corrected chi connectivity index (χ1v) is 18.8. The van der Waals surface area contributed by atoms with Gasteiger partial charge in [0.2, 0.25) is 22.7 Å². The second kappa shape index (κ2) is 16.5. The molecule has 2 saturated heterocycles. The van der Waals surface area contributed by atoms with Crippen molar-refractivity contribution in [3.05, 3.63) is 77.9 Å².